The zero-order valence-corrected chi connectivity index (χ0v) is 16.6. The van der Waals surface area contributed by atoms with Crippen LogP contribution in [0.25, 0.3) is 10.9 Å². The number of benzene rings is 2. The Hall–Kier alpha value is -2.25. The molecule has 2 heterocycles. The predicted molar refractivity (Wildman–Crippen MR) is 107 cm³/mol. The van der Waals surface area contributed by atoms with Crippen LogP contribution in [-0.2, 0) is 12.7 Å². The van der Waals surface area contributed by atoms with E-state index in [4.69, 9.17) is 11.6 Å². The van der Waals surface area contributed by atoms with Crippen LogP contribution in [0.3, 0.4) is 0 Å². The lowest BCUT2D eigenvalue weighted by atomic mass is 10.1. The summed E-state index contributed by atoms with van der Waals surface area (Å²) in [5, 5.41) is 0.498. The molecular formula is C21H20ClF4N3. The van der Waals surface area contributed by atoms with Crippen molar-refractivity contribution < 1.29 is 17.6 Å². The molecule has 0 saturated carbocycles. The summed E-state index contributed by atoms with van der Waals surface area (Å²) in [4.78, 5) is 4.31. The van der Waals surface area contributed by atoms with Gasteiger partial charge >= 0.3 is 6.18 Å². The van der Waals surface area contributed by atoms with Crippen LogP contribution < -0.4 is 4.90 Å². The first kappa shape index (κ1) is 20.0. The van der Waals surface area contributed by atoms with Crippen LogP contribution in [0.5, 0.6) is 0 Å². The van der Waals surface area contributed by atoms with Crippen LogP contribution in [0.15, 0.2) is 42.5 Å². The van der Waals surface area contributed by atoms with Gasteiger partial charge in [0.25, 0.3) is 0 Å². The summed E-state index contributed by atoms with van der Waals surface area (Å²) >= 11 is 5.71. The molecule has 0 N–H and O–H groups in total. The molecule has 8 heteroatoms. The molecule has 0 radical (unpaired) electrons. The van der Waals surface area contributed by atoms with Gasteiger partial charge in [0.1, 0.15) is 11.5 Å². The van der Waals surface area contributed by atoms with E-state index in [0.29, 0.717) is 16.5 Å². The second-order valence-electron chi connectivity index (χ2n) is 7.36. The van der Waals surface area contributed by atoms with E-state index < -0.39 is 17.7 Å². The molecule has 0 unspecified atom stereocenters. The van der Waals surface area contributed by atoms with Crippen LogP contribution in [-0.4, -0.2) is 42.7 Å². The molecule has 0 bridgehead atoms. The Morgan fingerprint density at radius 2 is 1.72 bits per heavy atom. The largest absolute Gasteiger partial charge is 0.431 e. The molecule has 1 fully saturated rings. The first-order chi connectivity index (χ1) is 13.7. The average molecular weight is 426 g/mol. The molecule has 2 aromatic carbocycles. The summed E-state index contributed by atoms with van der Waals surface area (Å²) in [6, 6.07) is 10.6. The Morgan fingerprint density at radius 3 is 2.38 bits per heavy atom. The molecule has 0 spiro atoms. The van der Waals surface area contributed by atoms with Crippen LogP contribution in [0.2, 0.25) is 5.02 Å². The fourth-order valence-corrected chi connectivity index (χ4v) is 3.94. The topological polar surface area (TPSA) is 11.4 Å². The third-order valence-electron chi connectivity index (χ3n) is 5.38. The zero-order valence-electron chi connectivity index (χ0n) is 15.8. The van der Waals surface area contributed by atoms with Crippen LogP contribution in [0.1, 0.15) is 11.3 Å². The monoisotopic (exact) mass is 425 g/mol. The number of likely N-dealkylation sites (N-methyl/N-ethyl adjacent to an activating group) is 1. The summed E-state index contributed by atoms with van der Waals surface area (Å²) in [7, 11) is 2.03. The standard InChI is InChI=1S/C21H20ClF4N3/c1-27-7-9-28(10-8-27)18-3-2-4-19-15(18)12-20(21(24,25)26)29(19)13-14-5-6-16(22)17(23)11-14/h2-6,11-12H,7-10,13H2,1H3. The van der Waals surface area contributed by atoms with Gasteiger partial charge in [0, 0.05) is 43.8 Å². The fraction of sp³-hybridized carbons (Fsp3) is 0.333. The number of nitrogens with zero attached hydrogens (tertiary/aromatic N) is 3. The SMILES string of the molecule is CN1CCN(c2cccc3c2cc(C(F)(F)F)n3Cc2ccc(Cl)c(F)c2)CC1. The second-order valence-corrected chi connectivity index (χ2v) is 7.77. The number of piperazine rings is 1. The summed E-state index contributed by atoms with van der Waals surface area (Å²) in [5.41, 5.74) is 0.940. The summed E-state index contributed by atoms with van der Waals surface area (Å²) in [6.07, 6.45) is -4.52. The lowest BCUT2D eigenvalue weighted by Crippen LogP contribution is -2.44. The number of halogens is 5. The van der Waals surface area contributed by atoms with Gasteiger partial charge in [-0.3, -0.25) is 0 Å². The highest BCUT2D eigenvalue weighted by Crippen LogP contribution is 2.38. The quantitative estimate of drug-likeness (QED) is 0.531. The Balaban J connectivity index is 1.82. The molecule has 1 aliphatic rings. The van der Waals surface area contributed by atoms with E-state index in [2.05, 4.69) is 9.80 Å². The van der Waals surface area contributed by atoms with E-state index in [1.54, 1.807) is 18.2 Å². The van der Waals surface area contributed by atoms with Gasteiger partial charge in [0.15, 0.2) is 0 Å². The van der Waals surface area contributed by atoms with Gasteiger partial charge in [-0.15, -0.1) is 0 Å². The molecule has 0 aliphatic carbocycles. The Kier molecular flexibility index (Phi) is 5.21. The molecule has 1 aromatic heterocycles. The maximum absolute atomic E-state index is 13.8. The maximum atomic E-state index is 13.8. The molecule has 29 heavy (non-hydrogen) atoms. The van der Waals surface area contributed by atoms with Crippen molar-refractivity contribution in [3.63, 3.8) is 0 Å². The van der Waals surface area contributed by atoms with Gasteiger partial charge in [0.2, 0.25) is 0 Å². The third-order valence-corrected chi connectivity index (χ3v) is 5.69. The van der Waals surface area contributed by atoms with Crippen molar-refractivity contribution in [3.05, 3.63) is 64.6 Å². The van der Waals surface area contributed by atoms with Gasteiger partial charge in [-0.2, -0.15) is 13.2 Å². The smallest absolute Gasteiger partial charge is 0.368 e. The minimum absolute atomic E-state index is 0.0560. The van der Waals surface area contributed by atoms with Crippen molar-refractivity contribution in [1.29, 1.82) is 0 Å². The zero-order chi connectivity index (χ0) is 20.8. The lowest BCUT2D eigenvalue weighted by molar-refractivity contribution is -0.143. The third kappa shape index (κ3) is 3.94. The predicted octanol–water partition coefficient (Wildman–Crippen LogP) is 5.25. The molecule has 1 aliphatic heterocycles. The van der Waals surface area contributed by atoms with Crippen LogP contribution in [0.4, 0.5) is 23.2 Å². The second kappa shape index (κ2) is 7.54. The van der Waals surface area contributed by atoms with E-state index in [-0.39, 0.29) is 11.6 Å². The molecule has 3 nitrogen and oxygen atoms in total. The maximum Gasteiger partial charge on any atom is 0.431 e. The number of hydrogen-bond donors (Lipinski definition) is 0. The van der Waals surface area contributed by atoms with Crippen molar-refractivity contribution in [2.45, 2.75) is 12.7 Å². The highest BCUT2D eigenvalue weighted by atomic mass is 35.5. The van der Waals surface area contributed by atoms with Gasteiger partial charge in [-0.05, 0) is 42.9 Å². The fourth-order valence-electron chi connectivity index (χ4n) is 3.82. The minimum atomic E-state index is -4.52. The Morgan fingerprint density at radius 1 is 1.00 bits per heavy atom. The molecule has 0 amide bonds. The summed E-state index contributed by atoms with van der Waals surface area (Å²) in [5.74, 6) is -0.646. The van der Waals surface area contributed by atoms with E-state index >= 15 is 0 Å². The van der Waals surface area contributed by atoms with Crippen molar-refractivity contribution in [3.8, 4) is 0 Å². The molecule has 0 atom stereocenters. The highest BCUT2D eigenvalue weighted by molar-refractivity contribution is 6.30. The minimum Gasteiger partial charge on any atom is -0.368 e. The van der Waals surface area contributed by atoms with Gasteiger partial charge in [0.05, 0.1) is 10.5 Å². The van der Waals surface area contributed by atoms with E-state index in [9.17, 15) is 17.6 Å². The number of hydrogen-bond acceptors (Lipinski definition) is 2. The van der Waals surface area contributed by atoms with E-state index in [0.717, 1.165) is 31.9 Å². The molecule has 154 valence electrons. The van der Waals surface area contributed by atoms with E-state index in [1.807, 2.05) is 13.1 Å². The normalized spacial score (nSPS) is 16.0. The summed E-state index contributed by atoms with van der Waals surface area (Å²) < 4.78 is 56.5. The van der Waals surface area contributed by atoms with Gasteiger partial charge in [-0.25, -0.2) is 4.39 Å². The van der Waals surface area contributed by atoms with Crippen molar-refractivity contribution in [1.82, 2.24) is 9.47 Å². The van der Waals surface area contributed by atoms with Crippen molar-refractivity contribution in [2.75, 3.05) is 38.1 Å². The lowest BCUT2D eigenvalue weighted by Gasteiger charge is -2.34. The number of anilines is 1. The van der Waals surface area contributed by atoms with Crippen molar-refractivity contribution >= 4 is 28.2 Å². The van der Waals surface area contributed by atoms with E-state index in [1.165, 1.54) is 22.8 Å². The first-order valence-corrected chi connectivity index (χ1v) is 9.69. The molecule has 1 saturated heterocycles. The van der Waals surface area contributed by atoms with Crippen LogP contribution >= 0.6 is 11.6 Å². The van der Waals surface area contributed by atoms with Crippen LogP contribution in [0, 0.1) is 5.82 Å². The first-order valence-electron chi connectivity index (χ1n) is 9.31. The average Bonchev–Trinajstić information content (AvgIpc) is 3.04. The van der Waals surface area contributed by atoms with Gasteiger partial charge in [-0.1, -0.05) is 23.7 Å². The molecular weight excluding hydrogens is 406 g/mol. The molecule has 4 rings (SSSR count). The number of rotatable bonds is 3. The summed E-state index contributed by atoms with van der Waals surface area (Å²) in [6.45, 7) is 3.12. The highest BCUT2D eigenvalue weighted by Gasteiger charge is 2.36. The molecule has 3 aromatic rings. The number of aromatic nitrogens is 1. The Labute approximate surface area is 171 Å². The van der Waals surface area contributed by atoms with Gasteiger partial charge < -0.3 is 14.4 Å². The number of fused-ring (bicyclic) bond motifs is 1. The van der Waals surface area contributed by atoms with Crippen molar-refractivity contribution in [2.24, 2.45) is 0 Å². The number of alkyl halides is 3. The Bertz CT molecular complexity index is 1040.